The number of hydrogen-bond donors (Lipinski definition) is 2. The number of nitrogens with zero attached hydrogens (tertiary/aromatic N) is 2. The molecule has 1 aromatic heterocycles. The number of carbonyl (C=O) groups is 1. The molecule has 2 aromatic rings. The van der Waals surface area contributed by atoms with Gasteiger partial charge in [-0.05, 0) is 43.9 Å². The summed E-state index contributed by atoms with van der Waals surface area (Å²) in [5, 5.41) is 10.7. The third-order valence-electron chi connectivity index (χ3n) is 5.78. The van der Waals surface area contributed by atoms with E-state index >= 15 is 0 Å². The van der Waals surface area contributed by atoms with Crippen LogP contribution >= 0.6 is 0 Å². The Bertz CT molecular complexity index is 869. The van der Waals surface area contributed by atoms with Crippen LogP contribution in [0.25, 0.3) is 0 Å². The molecule has 2 fully saturated rings. The van der Waals surface area contributed by atoms with Gasteiger partial charge in [0.25, 0.3) is 5.91 Å². The van der Waals surface area contributed by atoms with Crippen molar-refractivity contribution in [2.45, 2.75) is 63.0 Å². The number of anilines is 1. The Kier molecular flexibility index (Phi) is 4.95. The van der Waals surface area contributed by atoms with Crippen molar-refractivity contribution >= 4 is 11.7 Å². The first kappa shape index (κ1) is 19.1. The minimum absolute atomic E-state index is 0.0226. The van der Waals surface area contributed by atoms with Gasteiger partial charge >= 0.3 is 0 Å². The van der Waals surface area contributed by atoms with E-state index in [0.717, 1.165) is 17.7 Å². The van der Waals surface area contributed by atoms with Crippen LogP contribution < -0.4 is 10.6 Å². The topological polar surface area (TPSA) is 59.0 Å². The Hall–Kier alpha value is -2.28. The molecular weight excluding hydrogens is 362 g/mol. The quantitative estimate of drug-likeness (QED) is 0.814. The molecule has 2 aliphatic rings. The lowest BCUT2D eigenvalue weighted by Crippen LogP contribution is -2.38. The first-order chi connectivity index (χ1) is 13.3. The van der Waals surface area contributed by atoms with E-state index in [1.807, 2.05) is 31.2 Å². The predicted octanol–water partition coefficient (Wildman–Crippen LogP) is 4.00. The molecule has 1 aromatic carbocycles. The highest BCUT2D eigenvalue weighted by Gasteiger charge is 2.42. The number of amides is 1. The van der Waals surface area contributed by atoms with Crippen LogP contribution in [0.5, 0.6) is 0 Å². The second-order valence-electron chi connectivity index (χ2n) is 8.12. The van der Waals surface area contributed by atoms with Crippen molar-refractivity contribution in [3.63, 3.8) is 0 Å². The Morgan fingerprint density at radius 3 is 2.68 bits per heavy atom. The zero-order valence-corrected chi connectivity index (χ0v) is 16.2. The number of carbonyl (C=O) groups excluding carboxylic acids is 1. The first-order valence-electron chi connectivity index (χ1n) is 9.86. The summed E-state index contributed by atoms with van der Waals surface area (Å²) in [6, 6.07) is 9.98. The summed E-state index contributed by atoms with van der Waals surface area (Å²) >= 11 is 0. The number of halogens is 2. The van der Waals surface area contributed by atoms with Crippen molar-refractivity contribution in [3.8, 4) is 0 Å². The van der Waals surface area contributed by atoms with Crippen LogP contribution in [0.2, 0.25) is 0 Å². The molecule has 7 heteroatoms. The van der Waals surface area contributed by atoms with Gasteiger partial charge in [-0.3, -0.25) is 9.48 Å². The number of alkyl halides is 2. The number of aryl methyl sites for hydroxylation is 2. The van der Waals surface area contributed by atoms with Gasteiger partial charge in [-0.2, -0.15) is 5.10 Å². The highest BCUT2D eigenvalue weighted by molar-refractivity contribution is 6.04. The van der Waals surface area contributed by atoms with Crippen molar-refractivity contribution in [2.24, 2.45) is 7.05 Å². The van der Waals surface area contributed by atoms with Crippen molar-refractivity contribution < 1.29 is 13.6 Å². The normalized spacial score (nSPS) is 24.1. The van der Waals surface area contributed by atoms with Crippen LogP contribution in [0, 0.1) is 6.92 Å². The van der Waals surface area contributed by atoms with Crippen molar-refractivity contribution in [1.29, 1.82) is 0 Å². The Labute approximate surface area is 163 Å². The summed E-state index contributed by atoms with van der Waals surface area (Å²) in [6.07, 6.45) is 2.00. The molecule has 0 unspecified atom stereocenters. The van der Waals surface area contributed by atoms with Crippen molar-refractivity contribution in [3.05, 3.63) is 47.2 Å². The van der Waals surface area contributed by atoms with Gasteiger partial charge in [0.2, 0.25) is 5.92 Å². The van der Waals surface area contributed by atoms with Crippen LogP contribution in [0.4, 0.5) is 14.6 Å². The molecule has 1 heterocycles. The molecule has 0 aliphatic heterocycles. The summed E-state index contributed by atoms with van der Waals surface area (Å²) in [5.74, 6) is -1.65. The molecule has 150 valence electrons. The Balaban J connectivity index is 1.35. The maximum absolute atomic E-state index is 13.3. The highest BCUT2D eigenvalue weighted by Crippen LogP contribution is 2.43. The monoisotopic (exact) mass is 388 g/mol. The number of benzene rings is 1. The van der Waals surface area contributed by atoms with Crippen LogP contribution in [0.3, 0.4) is 0 Å². The van der Waals surface area contributed by atoms with Gasteiger partial charge in [0.05, 0.1) is 5.69 Å². The van der Waals surface area contributed by atoms with E-state index in [0.29, 0.717) is 36.2 Å². The van der Waals surface area contributed by atoms with Crippen LogP contribution in [0.15, 0.2) is 30.3 Å². The molecule has 28 heavy (non-hydrogen) atoms. The van der Waals surface area contributed by atoms with Crippen LogP contribution in [-0.4, -0.2) is 33.7 Å². The average Bonchev–Trinajstić information content (AvgIpc) is 3.34. The van der Waals surface area contributed by atoms with Crippen molar-refractivity contribution in [2.75, 3.05) is 5.32 Å². The fourth-order valence-corrected chi connectivity index (χ4v) is 4.08. The zero-order chi connectivity index (χ0) is 19.9. The molecule has 2 aliphatic carbocycles. The largest absolute Gasteiger partial charge is 0.311 e. The summed E-state index contributed by atoms with van der Waals surface area (Å²) in [5.41, 5.74) is 2.57. The first-order valence-corrected chi connectivity index (χ1v) is 9.86. The fourth-order valence-electron chi connectivity index (χ4n) is 4.08. The van der Waals surface area contributed by atoms with E-state index in [4.69, 9.17) is 0 Å². The predicted molar refractivity (Wildman–Crippen MR) is 104 cm³/mol. The second-order valence-corrected chi connectivity index (χ2v) is 8.12. The van der Waals surface area contributed by atoms with Crippen molar-refractivity contribution in [1.82, 2.24) is 15.1 Å². The second kappa shape index (κ2) is 7.28. The van der Waals surface area contributed by atoms with E-state index in [-0.39, 0.29) is 24.8 Å². The number of hydrogen-bond acceptors (Lipinski definition) is 3. The van der Waals surface area contributed by atoms with Crippen LogP contribution in [0.1, 0.15) is 59.6 Å². The molecular formula is C21H26F2N4O. The molecule has 2 saturated carbocycles. The summed E-state index contributed by atoms with van der Waals surface area (Å²) in [6.45, 7) is 1.88. The smallest absolute Gasteiger partial charge is 0.256 e. The van der Waals surface area contributed by atoms with Gasteiger partial charge in [-0.15, -0.1) is 0 Å². The van der Waals surface area contributed by atoms with E-state index < -0.39 is 5.92 Å². The fraction of sp³-hybridized carbons (Fsp3) is 0.524. The van der Waals surface area contributed by atoms with Gasteiger partial charge in [0.1, 0.15) is 5.82 Å². The molecule has 0 bridgehead atoms. The third kappa shape index (κ3) is 4.24. The number of rotatable bonds is 5. The Morgan fingerprint density at radius 2 is 2.00 bits per heavy atom. The van der Waals surface area contributed by atoms with Gasteiger partial charge in [0.15, 0.2) is 0 Å². The minimum Gasteiger partial charge on any atom is -0.311 e. The summed E-state index contributed by atoms with van der Waals surface area (Å²) in [7, 11) is 1.79. The number of nitrogens with one attached hydrogen (secondary N) is 2. The lowest BCUT2D eigenvalue weighted by Gasteiger charge is -2.29. The molecule has 0 radical (unpaired) electrons. The van der Waals surface area contributed by atoms with Gasteiger partial charge < -0.3 is 10.6 Å². The van der Waals surface area contributed by atoms with Crippen LogP contribution in [-0.2, 0) is 7.05 Å². The average molecular weight is 388 g/mol. The molecule has 2 atom stereocenters. The molecule has 0 saturated heterocycles. The molecule has 5 nitrogen and oxygen atoms in total. The molecule has 1 amide bonds. The maximum Gasteiger partial charge on any atom is 0.256 e. The van der Waals surface area contributed by atoms with Gasteiger partial charge in [-0.25, -0.2) is 8.78 Å². The third-order valence-corrected chi connectivity index (χ3v) is 5.78. The molecule has 0 spiro atoms. The van der Waals surface area contributed by atoms with E-state index in [2.05, 4.69) is 15.7 Å². The van der Waals surface area contributed by atoms with E-state index in [9.17, 15) is 13.6 Å². The maximum atomic E-state index is 13.3. The lowest BCUT2D eigenvalue weighted by molar-refractivity contribution is -0.0405. The summed E-state index contributed by atoms with van der Waals surface area (Å²) in [4.78, 5) is 12.6. The molecule has 2 N–H and O–H groups in total. The summed E-state index contributed by atoms with van der Waals surface area (Å²) < 4.78 is 28.3. The minimum atomic E-state index is -2.49. The number of aromatic nitrogens is 2. The SMILES string of the molecule is Cc1cc(NC(=O)c2cccc([C@@H]3C[C@H]3NC3CCC(F)(F)CC3)c2)n(C)n1. The highest BCUT2D eigenvalue weighted by atomic mass is 19.3. The zero-order valence-electron chi connectivity index (χ0n) is 16.2. The van der Waals surface area contributed by atoms with Gasteiger partial charge in [-0.1, -0.05) is 12.1 Å². The van der Waals surface area contributed by atoms with E-state index in [1.165, 1.54) is 0 Å². The van der Waals surface area contributed by atoms with E-state index in [1.54, 1.807) is 17.8 Å². The van der Waals surface area contributed by atoms with Gasteiger partial charge in [0, 0.05) is 49.5 Å². The molecule has 4 rings (SSSR count). The standard InChI is InChI=1S/C21H26F2N4O/c1-13-10-19(27(2)26-13)25-20(28)15-5-3-4-14(11-15)17-12-18(17)24-16-6-8-21(22,23)9-7-16/h3-5,10-11,16-18,24H,6-9,12H2,1-2H3,(H,25,28)/t17-,18+/m0/s1. The Morgan fingerprint density at radius 1 is 1.25 bits per heavy atom. The lowest BCUT2D eigenvalue weighted by atomic mass is 9.92.